The highest BCUT2D eigenvalue weighted by Crippen LogP contribution is 2.39. The molecule has 1 aliphatic rings. The van der Waals surface area contributed by atoms with Crippen molar-refractivity contribution in [3.05, 3.63) is 70.0 Å². The normalized spacial score (nSPS) is 16.1. The van der Waals surface area contributed by atoms with Crippen LogP contribution < -0.4 is 0 Å². The van der Waals surface area contributed by atoms with Crippen LogP contribution in [-0.2, 0) is 4.79 Å². The third kappa shape index (κ3) is 3.71. The van der Waals surface area contributed by atoms with E-state index in [0.717, 1.165) is 40.6 Å². The van der Waals surface area contributed by atoms with Gasteiger partial charge in [0.05, 0.1) is 17.3 Å². The van der Waals surface area contributed by atoms with Crippen LogP contribution in [0.15, 0.2) is 43.0 Å². The van der Waals surface area contributed by atoms with Gasteiger partial charge in [0.2, 0.25) is 0 Å². The minimum absolute atomic E-state index is 0.0377. The maximum absolute atomic E-state index is 14.1. The molecule has 0 radical (unpaired) electrons. The van der Waals surface area contributed by atoms with Crippen molar-refractivity contribution < 1.29 is 9.18 Å². The number of benzene rings is 1. The number of nitrogens with one attached hydrogen (secondary N) is 1. The summed E-state index contributed by atoms with van der Waals surface area (Å²) >= 11 is 12.6. The Morgan fingerprint density at radius 2 is 1.97 bits per heavy atom. The molecule has 1 unspecified atom stereocenters. The smallest absolute Gasteiger partial charge is 0.142 e. The molecule has 3 aromatic heterocycles. The number of rotatable bonds is 4. The van der Waals surface area contributed by atoms with Gasteiger partial charge < -0.3 is 4.98 Å². The Balaban J connectivity index is 1.50. The molecule has 8 heteroatoms. The first-order valence-corrected chi connectivity index (χ1v) is 11.3. The molecule has 0 saturated heterocycles. The first-order valence-electron chi connectivity index (χ1n) is 10.6. The zero-order valence-electron chi connectivity index (χ0n) is 17.4. The lowest BCUT2D eigenvalue weighted by Gasteiger charge is -2.21. The van der Waals surface area contributed by atoms with E-state index in [1.54, 1.807) is 6.20 Å². The summed E-state index contributed by atoms with van der Waals surface area (Å²) in [5.74, 6) is -0.400. The summed E-state index contributed by atoms with van der Waals surface area (Å²) in [4.78, 5) is 19.3. The summed E-state index contributed by atoms with van der Waals surface area (Å²) in [6.45, 7) is 1.95. The maximum Gasteiger partial charge on any atom is 0.142 e. The fourth-order valence-electron chi connectivity index (χ4n) is 4.51. The molecule has 0 aliphatic heterocycles. The molecule has 0 amide bonds. The van der Waals surface area contributed by atoms with Crippen LogP contribution in [0.5, 0.6) is 0 Å². The molecule has 1 fully saturated rings. The molecular formula is C24H21Cl2FN4O. The largest absolute Gasteiger partial charge is 0.346 e. The van der Waals surface area contributed by atoms with Gasteiger partial charge in [-0.15, -0.1) is 0 Å². The number of pyridine rings is 1. The van der Waals surface area contributed by atoms with Crippen molar-refractivity contribution in [1.82, 2.24) is 19.7 Å². The zero-order valence-corrected chi connectivity index (χ0v) is 18.9. The molecular weight excluding hydrogens is 450 g/mol. The fourth-order valence-corrected chi connectivity index (χ4v) is 5.21. The second kappa shape index (κ2) is 8.34. The van der Waals surface area contributed by atoms with Crippen molar-refractivity contribution in [2.24, 2.45) is 0 Å². The summed E-state index contributed by atoms with van der Waals surface area (Å²) in [5.41, 5.74) is 4.11. The zero-order chi connectivity index (χ0) is 22.4. The summed E-state index contributed by atoms with van der Waals surface area (Å²) in [5, 5.41) is 5.92. The van der Waals surface area contributed by atoms with Gasteiger partial charge in [-0.3, -0.25) is 9.48 Å². The predicted octanol–water partition coefficient (Wildman–Crippen LogP) is 6.71. The van der Waals surface area contributed by atoms with E-state index >= 15 is 0 Å². The van der Waals surface area contributed by atoms with Crippen LogP contribution in [0.1, 0.15) is 55.7 Å². The minimum Gasteiger partial charge on any atom is -0.346 e. The Labute approximate surface area is 194 Å². The molecule has 4 aromatic rings. The number of H-pyrrole nitrogens is 1. The summed E-state index contributed by atoms with van der Waals surface area (Å²) in [6.07, 6.45) is 10.4. The average molecular weight is 471 g/mol. The van der Waals surface area contributed by atoms with E-state index in [1.807, 2.05) is 30.2 Å². The Hall–Kier alpha value is -2.70. The number of hydrogen-bond acceptors (Lipinski definition) is 3. The molecule has 1 aliphatic carbocycles. The Bertz CT molecular complexity index is 1320. The third-order valence-electron chi connectivity index (χ3n) is 6.36. The number of aromatic amines is 1. The van der Waals surface area contributed by atoms with E-state index < -0.39 is 5.82 Å². The molecule has 3 heterocycles. The van der Waals surface area contributed by atoms with Crippen molar-refractivity contribution in [2.75, 3.05) is 0 Å². The standard InChI is InChI=1S/C24H21Cl2FN4O/c1-13(22-20(25)6-7-21(27)23(22)26)19-11-29-24-18(19)8-14(9-28-24)15-10-30-31(12-15)16-2-4-17(32)5-3-16/h6-13,16H,2-5H2,1H3,(H,28,29). The summed E-state index contributed by atoms with van der Waals surface area (Å²) in [6, 6.07) is 5.10. The van der Waals surface area contributed by atoms with E-state index in [4.69, 9.17) is 23.2 Å². The number of ketones is 1. The number of fused-ring (bicyclic) bond motifs is 1. The number of carbonyl (C=O) groups is 1. The van der Waals surface area contributed by atoms with Gasteiger partial charge in [0.15, 0.2) is 0 Å². The van der Waals surface area contributed by atoms with E-state index in [2.05, 4.69) is 21.1 Å². The average Bonchev–Trinajstić information content (AvgIpc) is 3.44. The Morgan fingerprint density at radius 1 is 1.19 bits per heavy atom. The second-order valence-electron chi connectivity index (χ2n) is 8.32. The quantitative estimate of drug-likeness (QED) is 0.337. The van der Waals surface area contributed by atoms with Crippen LogP contribution in [-0.4, -0.2) is 25.5 Å². The molecule has 5 rings (SSSR count). The molecule has 1 atom stereocenters. The first kappa shape index (κ1) is 21.2. The van der Waals surface area contributed by atoms with Crippen LogP contribution in [0.25, 0.3) is 22.2 Å². The highest BCUT2D eigenvalue weighted by Gasteiger charge is 2.23. The van der Waals surface area contributed by atoms with E-state index in [1.165, 1.54) is 12.1 Å². The number of halogens is 3. The summed E-state index contributed by atoms with van der Waals surface area (Å²) in [7, 11) is 0. The fraction of sp³-hybridized carbons (Fsp3) is 0.292. The number of carbonyl (C=O) groups excluding carboxylic acids is 1. The van der Waals surface area contributed by atoms with Gasteiger partial charge in [-0.1, -0.05) is 30.1 Å². The van der Waals surface area contributed by atoms with Crippen LogP contribution in [0, 0.1) is 5.82 Å². The lowest BCUT2D eigenvalue weighted by atomic mass is 9.92. The molecule has 0 bridgehead atoms. The van der Waals surface area contributed by atoms with Crippen molar-refractivity contribution in [1.29, 1.82) is 0 Å². The third-order valence-corrected chi connectivity index (χ3v) is 7.08. The maximum atomic E-state index is 14.1. The lowest BCUT2D eigenvalue weighted by molar-refractivity contribution is -0.120. The molecule has 164 valence electrons. The molecule has 1 aromatic carbocycles. The van der Waals surface area contributed by atoms with Crippen molar-refractivity contribution in [3.63, 3.8) is 0 Å². The monoisotopic (exact) mass is 470 g/mol. The number of aromatic nitrogens is 4. The molecule has 5 nitrogen and oxygen atoms in total. The van der Waals surface area contributed by atoms with Gasteiger partial charge in [0.25, 0.3) is 0 Å². The van der Waals surface area contributed by atoms with E-state index in [-0.39, 0.29) is 17.0 Å². The van der Waals surface area contributed by atoms with Crippen LogP contribution in [0.3, 0.4) is 0 Å². The second-order valence-corrected chi connectivity index (χ2v) is 9.11. The molecule has 1 saturated carbocycles. The number of hydrogen-bond donors (Lipinski definition) is 1. The summed E-state index contributed by atoms with van der Waals surface area (Å²) < 4.78 is 16.1. The van der Waals surface area contributed by atoms with Crippen LogP contribution >= 0.6 is 23.2 Å². The van der Waals surface area contributed by atoms with Crippen molar-refractivity contribution in [3.8, 4) is 11.1 Å². The van der Waals surface area contributed by atoms with E-state index in [9.17, 15) is 9.18 Å². The van der Waals surface area contributed by atoms with Crippen LogP contribution in [0.2, 0.25) is 10.0 Å². The highest BCUT2D eigenvalue weighted by atomic mass is 35.5. The van der Waals surface area contributed by atoms with Gasteiger partial charge in [-0.25, -0.2) is 9.37 Å². The van der Waals surface area contributed by atoms with Crippen LogP contribution in [0.4, 0.5) is 4.39 Å². The van der Waals surface area contributed by atoms with E-state index in [0.29, 0.717) is 29.2 Å². The predicted molar refractivity (Wildman–Crippen MR) is 124 cm³/mol. The van der Waals surface area contributed by atoms with Crippen molar-refractivity contribution >= 4 is 40.0 Å². The Kier molecular flexibility index (Phi) is 5.51. The Morgan fingerprint density at radius 3 is 2.75 bits per heavy atom. The van der Waals surface area contributed by atoms with Gasteiger partial charge >= 0.3 is 0 Å². The molecule has 1 N–H and O–H groups in total. The topological polar surface area (TPSA) is 63.6 Å². The van der Waals surface area contributed by atoms with Gasteiger partial charge in [-0.05, 0) is 42.2 Å². The van der Waals surface area contributed by atoms with Gasteiger partial charge in [0.1, 0.15) is 17.2 Å². The SMILES string of the molecule is CC(c1c(Cl)ccc(F)c1Cl)c1c[nH]c2ncc(-c3cnn(C4CCC(=O)CC4)c3)cc12. The highest BCUT2D eigenvalue weighted by molar-refractivity contribution is 6.36. The number of nitrogens with zero attached hydrogens (tertiary/aromatic N) is 3. The molecule has 32 heavy (non-hydrogen) atoms. The lowest BCUT2D eigenvalue weighted by Crippen LogP contribution is -2.18. The first-order chi connectivity index (χ1) is 15.4. The molecule has 0 spiro atoms. The van der Waals surface area contributed by atoms with Gasteiger partial charge in [0, 0.05) is 58.9 Å². The minimum atomic E-state index is -0.492. The van der Waals surface area contributed by atoms with Gasteiger partial charge in [-0.2, -0.15) is 5.10 Å². The van der Waals surface area contributed by atoms with Crippen molar-refractivity contribution in [2.45, 2.75) is 44.6 Å². The number of Topliss-reactive ketones (excluding diaryl/α,β-unsaturated/α-hetero) is 1.